The average Bonchev–Trinajstić information content (AvgIpc) is 3.14. The molecule has 0 saturated carbocycles. The van der Waals surface area contributed by atoms with Crippen molar-refractivity contribution in [3.8, 4) is 17.1 Å². The topological polar surface area (TPSA) is 78.5 Å². The van der Waals surface area contributed by atoms with Crippen LogP contribution in [0.25, 0.3) is 22.4 Å². The number of hydrogen-bond donors (Lipinski definition) is 2. The number of imidazole rings is 1. The van der Waals surface area contributed by atoms with Crippen molar-refractivity contribution < 1.29 is 14.6 Å². The van der Waals surface area contributed by atoms with Gasteiger partial charge in [0.1, 0.15) is 11.6 Å². The van der Waals surface area contributed by atoms with Crippen LogP contribution in [0.3, 0.4) is 0 Å². The Labute approximate surface area is 138 Å². The summed E-state index contributed by atoms with van der Waals surface area (Å²) in [7, 11) is 1.64. The van der Waals surface area contributed by atoms with Crippen molar-refractivity contribution in [3.63, 3.8) is 0 Å². The van der Waals surface area contributed by atoms with Gasteiger partial charge >= 0.3 is 0 Å². The Morgan fingerprint density at radius 1 is 1.29 bits per heavy atom. The maximum atomic E-state index is 12.0. The summed E-state index contributed by atoms with van der Waals surface area (Å²) < 4.78 is 5.17. The van der Waals surface area contributed by atoms with Crippen LogP contribution in [-0.4, -0.2) is 41.2 Å². The molecule has 6 heteroatoms. The highest BCUT2D eigenvalue weighted by molar-refractivity contribution is 6.04. The Balaban J connectivity index is 1.75. The molecule has 0 fully saturated rings. The summed E-state index contributed by atoms with van der Waals surface area (Å²) in [5, 5.41) is 9.15. The number of aromatic amines is 1. The van der Waals surface area contributed by atoms with E-state index < -0.39 is 0 Å². The van der Waals surface area contributed by atoms with Crippen molar-refractivity contribution in [2.75, 3.05) is 25.2 Å². The van der Waals surface area contributed by atoms with Gasteiger partial charge in [0.25, 0.3) is 0 Å². The second kappa shape index (κ2) is 5.65. The summed E-state index contributed by atoms with van der Waals surface area (Å²) >= 11 is 0. The lowest BCUT2D eigenvalue weighted by Gasteiger charge is -2.15. The van der Waals surface area contributed by atoms with Crippen LogP contribution in [0.2, 0.25) is 0 Å². The minimum absolute atomic E-state index is 0.0158. The molecule has 1 amide bonds. The Bertz CT molecular complexity index is 915. The van der Waals surface area contributed by atoms with Gasteiger partial charge in [-0.3, -0.25) is 4.79 Å². The highest BCUT2D eigenvalue weighted by Crippen LogP contribution is 2.33. The number of aliphatic hydroxyl groups excluding tert-OH is 1. The van der Waals surface area contributed by atoms with E-state index in [9.17, 15) is 4.79 Å². The molecule has 3 aromatic rings. The number of nitrogens with one attached hydrogen (secondary N) is 1. The smallest absolute Gasteiger partial charge is 0.231 e. The molecule has 2 aromatic carbocycles. The molecule has 0 spiro atoms. The van der Waals surface area contributed by atoms with Gasteiger partial charge in [0.2, 0.25) is 5.91 Å². The molecular weight excluding hydrogens is 306 g/mol. The number of ether oxygens (including phenoxy) is 1. The second-order valence-corrected chi connectivity index (χ2v) is 5.76. The van der Waals surface area contributed by atoms with E-state index in [4.69, 9.17) is 9.84 Å². The Morgan fingerprint density at radius 3 is 2.79 bits per heavy atom. The third kappa shape index (κ3) is 2.32. The molecular formula is C18H17N3O3. The van der Waals surface area contributed by atoms with Gasteiger partial charge in [0, 0.05) is 17.8 Å². The van der Waals surface area contributed by atoms with Crippen LogP contribution < -0.4 is 9.64 Å². The van der Waals surface area contributed by atoms with Crippen LogP contribution in [-0.2, 0) is 11.2 Å². The van der Waals surface area contributed by atoms with Crippen molar-refractivity contribution in [2.24, 2.45) is 0 Å². The van der Waals surface area contributed by atoms with E-state index >= 15 is 0 Å². The number of β-amino-alcohol motifs (C(OH)–C–C–N with tert-alkyl or cyclic N) is 1. The molecule has 0 bridgehead atoms. The molecule has 4 rings (SSSR count). The molecule has 1 aliphatic heterocycles. The summed E-state index contributed by atoms with van der Waals surface area (Å²) in [5.41, 5.74) is 4.48. The molecule has 0 atom stereocenters. The molecule has 2 heterocycles. The number of methoxy groups -OCH3 is 1. The van der Waals surface area contributed by atoms with Gasteiger partial charge in [-0.25, -0.2) is 4.98 Å². The fourth-order valence-electron chi connectivity index (χ4n) is 3.11. The lowest BCUT2D eigenvalue weighted by Crippen LogP contribution is -2.29. The van der Waals surface area contributed by atoms with Gasteiger partial charge < -0.3 is 19.7 Å². The number of hydrogen-bond acceptors (Lipinski definition) is 4. The molecule has 1 aromatic heterocycles. The average molecular weight is 323 g/mol. The van der Waals surface area contributed by atoms with Crippen LogP contribution in [0.1, 0.15) is 5.56 Å². The largest absolute Gasteiger partial charge is 0.497 e. The van der Waals surface area contributed by atoms with Crippen LogP contribution in [0.15, 0.2) is 36.4 Å². The molecule has 0 saturated heterocycles. The number of carbonyl (C=O) groups is 1. The van der Waals surface area contributed by atoms with E-state index in [0.717, 1.165) is 39.4 Å². The van der Waals surface area contributed by atoms with Crippen LogP contribution in [0.4, 0.5) is 5.69 Å². The second-order valence-electron chi connectivity index (χ2n) is 5.76. The van der Waals surface area contributed by atoms with E-state index in [-0.39, 0.29) is 12.5 Å². The Kier molecular flexibility index (Phi) is 3.46. The first-order valence-corrected chi connectivity index (χ1v) is 7.78. The number of anilines is 1. The van der Waals surface area contributed by atoms with Gasteiger partial charge in [-0.05, 0) is 42.0 Å². The number of nitrogens with zero attached hydrogens (tertiary/aromatic N) is 2. The quantitative estimate of drug-likeness (QED) is 0.771. The monoisotopic (exact) mass is 323 g/mol. The first-order valence-electron chi connectivity index (χ1n) is 7.78. The standard InChI is InChI=1S/C18H17N3O3/c1-24-13-4-2-11(3-5-13)18-19-14-8-12-9-17(23)21(6-7-22)16(12)10-15(14)20-18/h2-5,8,10,22H,6-7,9H2,1H3,(H,19,20). The van der Waals surface area contributed by atoms with Crippen LogP contribution in [0, 0.1) is 0 Å². The fraction of sp³-hybridized carbons (Fsp3) is 0.222. The molecule has 6 nitrogen and oxygen atoms in total. The maximum absolute atomic E-state index is 12.0. The maximum Gasteiger partial charge on any atom is 0.231 e. The van der Waals surface area contributed by atoms with Crippen LogP contribution in [0.5, 0.6) is 5.75 Å². The minimum atomic E-state index is -0.0547. The molecule has 0 aliphatic carbocycles. The van der Waals surface area contributed by atoms with Crippen molar-refractivity contribution in [3.05, 3.63) is 42.0 Å². The van der Waals surface area contributed by atoms with E-state index in [1.807, 2.05) is 36.4 Å². The lowest BCUT2D eigenvalue weighted by atomic mass is 10.1. The third-order valence-corrected chi connectivity index (χ3v) is 4.30. The predicted octanol–water partition coefficient (Wildman–Crippen LogP) is 2.12. The highest BCUT2D eigenvalue weighted by atomic mass is 16.5. The summed E-state index contributed by atoms with van der Waals surface area (Å²) in [6.07, 6.45) is 0.363. The number of H-pyrrole nitrogens is 1. The fourth-order valence-corrected chi connectivity index (χ4v) is 3.11. The lowest BCUT2D eigenvalue weighted by molar-refractivity contribution is -0.117. The number of aromatic nitrogens is 2. The zero-order valence-electron chi connectivity index (χ0n) is 13.2. The SMILES string of the molecule is COc1ccc(-c2nc3cc4c(cc3[nH]2)CC(=O)N4CCO)cc1. The number of carbonyl (C=O) groups excluding carboxylic acids is 1. The van der Waals surface area contributed by atoms with Gasteiger partial charge in [-0.2, -0.15) is 0 Å². The van der Waals surface area contributed by atoms with E-state index in [1.54, 1.807) is 12.0 Å². The van der Waals surface area contributed by atoms with Crippen molar-refractivity contribution in [2.45, 2.75) is 6.42 Å². The van der Waals surface area contributed by atoms with Crippen molar-refractivity contribution in [1.29, 1.82) is 0 Å². The molecule has 2 N–H and O–H groups in total. The molecule has 0 unspecified atom stereocenters. The third-order valence-electron chi connectivity index (χ3n) is 4.30. The number of fused-ring (bicyclic) bond motifs is 2. The molecule has 1 aliphatic rings. The van der Waals surface area contributed by atoms with E-state index in [2.05, 4.69) is 9.97 Å². The summed E-state index contributed by atoms with van der Waals surface area (Å²) in [6.45, 7) is 0.258. The normalized spacial score (nSPS) is 13.6. The zero-order valence-corrected chi connectivity index (χ0v) is 13.2. The predicted molar refractivity (Wildman–Crippen MR) is 91.2 cm³/mol. The van der Waals surface area contributed by atoms with Crippen LogP contribution >= 0.6 is 0 Å². The number of benzene rings is 2. The number of aliphatic hydroxyl groups is 1. The van der Waals surface area contributed by atoms with E-state index in [0.29, 0.717) is 13.0 Å². The molecule has 0 radical (unpaired) electrons. The van der Waals surface area contributed by atoms with E-state index in [1.165, 1.54) is 0 Å². The minimum Gasteiger partial charge on any atom is -0.497 e. The highest BCUT2D eigenvalue weighted by Gasteiger charge is 2.27. The Hall–Kier alpha value is -2.86. The number of amides is 1. The molecule has 122 valence electrons. The van der Waals surface area contributed by atoms with Crippen molar-refractivity contribution >= 4 is 22.6 Å². The van der Waals surface area contributed by atoms with Gasteiger partial charge in [-0.1, -0.05) is 0 Å². The number of rotatable bonds is 4. The van der Waals surface area contributed by atoms with Gasteiger partial charge in [0.05, 0.1) is 31.2 Å². The van der Waals surface area contributed by atoms with Gasteiger partial charge in [-0.15, -0.1) is 0 Å². The first-order chi connectivity index (χ1) is 11.7. The first kappa shape index (κ1) is 14.7. The van der Waals surface area contributed by atoms with Crippen molar-refractivity contribution in [1.82, 2.24) is 9.97 Å². The summed E-state index contributed by atoms with van der Waals surface area (Å²) in [6, 6.07) is 11.6. The summed E-state index contributed by atoms with van der Waals surface area (Å²) in [5.74, 6) is 1.59. The molecule has 24 heavy (non-hydrogen) atoms. The summed E-state index contributed by atoms with van der Waals surface area (Å²) in [4.78, 5) is 21.6. The Morgan fingerprint density at radius 2 is 2.08 bits per heavy atom. The van der Waals surface area contributed by atoms with Gasteiger partial charge in [0.15, 0.2) is 0 Å². The zero-order chi connectivity index (χ0) is 16.7.